The van der Waals surface area contributed by atoms with Crippen LogP contribution in [0.4, 0.5) is 5.82 Å². The third-order valence-electron chi connectivity index (χ3n) is 3.22. The first-order valence-electron chi connectivity index (χ1n) is 7.70. The molecule has 0 saturated heterocycles. The number of nitrogens with one attached hydrogen (secondary N) is 1. The number of aromatic nitrogens is 1. The van der Waals surface area contributed by atoms with E-state index in [0.717, 1.165) is 24.9 Å². The molecule has 0 saturated carbocycles. The van der Waals surface area contributed by atoms with Crippen LogP contribution >= 0.6 is 0 Å². The third-order valence-corrected chi connectivity index (χ3v) is 3.22. The Bertz CT molecular complexity index is 442. The average Bonchev–Trinajstić information content (AvgIpc) is 2.49. The van der Waals surface area contributed by atoms with Gasteiger partial charge >= 0.3 is 0 Å². The van der Waals surface area contributed by atoms with Gasteiger partial charge in [0.05, 0.1) is 6.54 Å². The molecule has 1 heterocycles. The van der Waals surface area contributed by atoms with Crippen molar-refractivity contribution in [1.82, 2.24) is 15.2 Å². The van der Waals surface area contributed by atoms with Crippen LogP contribution in [0.2, 0.25) is 0 Å². The van der Waals surface area contributed by atoms with Crippen LogP contribution in [0.5, 0.6) is 0 Å². The molecule has 0 fully saturated rings. The van der Waals surface area contributed by atoms with E-state index in [-0.39, 0.29) is 0 Å². The van der Waals surface area contributed by atoms with Crippen molar-refractivity contribution in [3.8, 4) is 0 Å². The summed E-state index contributed by atoms with van der Waals surface area (Å²) in [6, 6.07) is 4.10. The largest absolute Gasteiger partial charge is 0.363 e. The molecule has 0 amide bonds. The van der Waals surface area contributed by atoms with Gasteiger partial charge in [0.25, 0.3) is 0 Å². The standard InChI is InChI=1S/C16H29N5/c1-6-8-11-21(5)16(17-7-2)19-13-14-9-10-18-15(12-14)20(3)4/h9-10,12H,6-8,11,13H2,1-5H3,(H,17,19). The van der Waals surface area contributed by atoms with Gasteiger partial charge in [-0.3, -0.25) is 0 Å². The van der Waals surface area contributed by atoms with Gasteiger partial charge in [0.2, 0.25) is 0 Å². The predicted molar refractivity (Wildman–Crippen MR) is 90.9 cm³/mol. The van der Waals surface area contributed by atoms with E-state index in [1.165, 1.54) is 18.4 Å². The molecule has 1 aromatic heterocycles. The Morgan fingerprint density at radius 2 is 2.05 bits per heavy atom. The van der Waals surface area contributed by atoms with Crippen molar-refractivity contribution in [1.29, 1.82) is 0 Å². The number of nitrogens with zero attached hydrogens (tertiary/aromatic N) is 4. The summed E-state index contributed by atoms with van der Waals surface area (Å²) in [5, 5.41) is 3.35. The predicted octanol–water partition coefficient (Wildman–Crippen LogP) is 2.34. The number of aliphatic imine (C=N–C) groups is 1. The molecule has 5 nitrogen and oxygen atoms in total. The van der Waals surface area contributed by atoms with Gasteiger partial charge in [-0.1, -0.05) is 13.3 Å². The van der Waals surface area contributed by atoms with Gasteiger partial charge in [-0.2, -0.15) is 0 Å². The highest BCUT2D eigenvalue weighted by Crippen LogP contribution is 2.10. The minimum Gasteiger partial charge on any atom is -0.363 e. The summed E-state index contributed by atoms with van der Waals surface area (Å²) in [4.78, 5) is 13.3. The monoisotopic (exact) mass is 291 g/mol. The van der Waals surface area contributed by atoms with Crippen LogP contribution in [0.25, 0.3) is 0 Å². The van der Waals surface area contributed by atoms with Crippen molar-refractivity contribution < 1.29 is 0 Å². The van der Waals surface area contributed by atoms with E-state index in [2.05, 4.69) is 42.2 Å². The van der Waals surface area contributed by atoms with E-state index in [4.69, 9.17) is 4.99 Å². The van der Waals surface area contributed by atoms with Crippen molar-refractivity contribution in [2.75, 3.05) is 39.1 Å². The smallest absolute Gasteiger partial charge is 0.193 e. The molecule has 0 spiro atoms. The second-order valence-electron chi connectivity index (χ2n) is 5.36. The first-order chi connectivity index (χ1) is 10.1. The third kappa shape index (κ3) is 6.02. The van der Waals surface area contributed by atoms with Crippen LogP contribution in [-0.2, 0) is 6.54 Å². The van der Waals surface area contributed by atoms with E-state index < -0.39 is 0 Å². The molecule has 0 atom stereocenters. The summed E-state index contributed by atoms with van der Waals surface area (Å²) >= 11 is 0. The van der Waals surface area contributed by atoms with Gasteiger partial charge in [0.1, 0.15) is 5.82 Å². The Kier molecular flexibility index (Phi) is 7.58. The molecule has 1 aromatic rings. The van der Waals surface area contributed by atoms with E-state index >= 15 is 0 Å². The Balaban J connectivity index is 2.75. The van der Waals surface area contributed by atoms with Gasteiger partial charge < -0.3 is 15.1 Å². The molecule has 0 bridgehead atoms. The molecule has 1 N–H and O–H groups in total. The molecule has 0 aliphatic carbocycles. The summed E-state index contributed by atoms with van der Waals surface area (Å²) in [6.07, 6.45) is 4.22. The minimum absolute atomic E-state index is 0.669. The Morgan fingerprint density at radius 3 is 2.67 bits per heavy atom. The molecule has 0 aromatic carbocycles. The maximum absolute atomic E-state index is 4.72. The Labute approximate surface area is 129 Å². The number of hydrogen-bond donors (Lipinski definition) is 1. The van der Waals surface area contributed by atoms with E-state index in [9.17, 15) is 0 Å². The lowest BCUT2D eigenvalue weighted by molar-refractivity contribution is 0.465. The fourth-order valence-corrected chi connectivity index (χ4v) is 1.94. The second kappa shape index (κ2) is 9.21. The topological polar surface area (TPSA) is 43.8 Å². The lowest BCUT2D eigenvalue weighted by Gasteiger charge is -2.21. The molecule has 118 valence electrons. The van der Waals surface area contributed by atoms with Gasteiger partial charge in [-0.15, -0.1) is 0 Å². The highest BCUT2D eigenvalue weighted by Gasteiger charge is 2.05. The SMILES string of the molecule is CCCCN(C)C(=NCc1ccnc(N(C)C)c1)NCC. The van der Waals surface area contributed by atoms with Crippen LogP contribution in [0.15, 0.2) is 23.3 Å². The van der Waals surface area contributed by atoms with Crippen molar-refractivity contribution >= 4 is 11.8 Å². The Hall–Kier alpha value is -1.78. The number of rotatable bonds is 7. The second-order valence-corrected chi connectivity index (χ2v) is 5.36. The van der Waals surface area contributed by atoms with Gasteiger partial charge in [0.15, 0.2) is 5.96 Å². The van der Waals surface area contributed by atoms with E-state index in [1.54, 1.807) is 0 Å². The van der Waals surface area contributed by atoms with Gasteiger partial charge in [-0.05, 0) is 31.0 Å². The fourth-order valence-electron chi connectivity index (χ4n) is 1.94. The summed E-state index contributed by atoms with van der Waals surface area (Å²) in [5.74, 6) is 1.93. The zero-order valence-electron chi connectivity index (χ0n) is 14.1. The number of guanidine groups is 1. The summed E-state index contributed by atoms with van der Waals surface area (Å²) < 4.78 is 0. The molecule has 5 heteroatoms. The number of unbranched alkanes of at least 4 members (excludes halogenated alkanes) is 1. The summed E-state index contributed by atoms with van der Waals surface area (Å²) in [7, 11) is 6.09. The van der Waals surface area contributed by atoms with Crippen LogP contribution in [0.3, 0.4) is 0 Å². The molecular formula is C16H29N5. The highest BCUT2D eigenvalue weighted by atomic mass is 15.3. The number of pyridine rings is 1. The van der Waals surface area contributed by atoms with E-state index in [1.807, 2.05) is 31.3 Å². The zero-order chi connectivity index (χ0) is 15.7. The van der Waals surface area contributed by atoms with Crippen molar-refractivity contribution in [2.24, 2.45) is 4.99 Å². The van der Waals surface area contributed by atoms with Crippen molar-refractivity contribution in [3.63, 3.8) is 0 Å². The average molecular weight is 291 g/mol. The highest BCUT2D eigenvalue weighted by molar-refractivity contribution is 5.79. The number of hydrogen-bond acceptors (Lipinski definition) is 3. The van der Waals surface area contributed by atoms with Crippen LogP contribution in [-0.4, -0.2) is 50.1 Å². The van der Waals surface area contributed by atoms with Crippen LogP contribution < -0.4 is 10.2 Å². The fraction of sp³-hybridized carbons (Fsp3) is 0.625. The van der Waals surface area contributed by atoms with Crippen molar-refractivity contribution in [3.05, 3.63) is 23.9 Å². The van der Waals surface area contributed by atoms with E-state index in [0.29, 0.717) is 6.54 Å². The molecule has 0 aliphatic heterocycles. The summed E-state index contributed by atoms with van der Waals surface area (Å²) in [5.41, 5.74) is 1.17. The molecule has 0 radical (unpaired) electrons. The number of anilines is 1. The molecule has 0 aliphatic rings. The molecule has 1 rings (SSSR count). The first-order valence-corrected chi connectivity index (χ1v) is 7.70. The maximum atomic E-state index is 4.72. The molecular weight excluding hydrogens is 262 g/mol. The quantitative estimate of drug-likeness (QED) is 0.618. The van der Waals surface area contributed by atoms with Crippen molar-refractivity contribution in [2.45, 2.75) is 33.2 Å². The lowest BCUT2D eigenvalue weighted by Crippen LogP contribution is -2.39. The maximum Gasteiger partial charge on any atom is 0.193 e. The van der Waals surface area contributed by atoms with Gasteiger partial charge in [0, 0.05) is 40.4 Å². The van der Waals surface area contributed by atoms with Crippen LogP contribution in [0.1, 0.15) is 32.3 Å². The summed E-state index contributed by atoms with van der Waals surface area (Å²) in [6.45, 7) is 6.88. The normalized spacial score (nSPS) is 11.4. The lowest BCUT2D eigenvalue weighted by atomic mass is 10.2. The first kappa shape index (κ1) is 17.3. The van der Waals surface area contributed by atoms with Crippen LogP contribution in [0, 0.1) is 0 Å². The van der Waals surface area contributed by atoms with Gasteiger partial charge in [-0.25, -0.2) is 9.98 Å². The minimum atomic E-state index is 0.669. The zero-order valence-corrected chi connectivity index (χ0v) is 14.1. The molecule has 21 heavy (non-hydrogen) atoms. The molecule has 0 unspecified atom stereocenters. The Morgan fingerprint density at radius 1 is 1.29 bits per heavy atom.